The molecule has 0 bridgehead atoms. The van der Waals surface area contributed by atoms with Gasteiger partial charge in [0.1, 0.15) is 5.65 Å². The van der Waals surface area contributed by atoms with Gasteiger partial charge in [0.05, 0.1) is 16.9 Å². The van der Waals surface area contributed by atoms with E-state index in [1.165, 1.54) is 39.1 Å². The number of aromatic nitrogens is 4. The van der Waals surface area contributed by atoms with Crippen molar-refractivity contribution in [3.8, 4) is 22.4 Å². The smallest absolute Gasteiger partial charge is 0.147 e. The van der Waals surface area contributed by atoms with Gasteiger partial charge in [0, 0.05) is 47.5 Å². The molecule has 8 rings (SSSR count). The molecule has 6 aromatic rings. The zero-order valence-electron chi connectivity index (χ0n) is 16.6. The standard InChI is InChI=1S/C27H16N4/c1-2-4-17-15(3-1)11-16-5-6-19-20(25(16)17)12-24-26(19)30-27-22-14-28-9-7-18(22)21-13-29-10-8-23(21)31(24)27/h1-10,13-14H,11-12H2. The fourth-order valence-corrected chi connectivity index (χ4v) is 5.75. The Morgan fingerprint density at radius 2 is 1.58 bits per heavy atom. The summed E-state index contributed by atoms with van der Waals surface area (Å²) in [6.45, 7) is 0. The maximum absolute atomic E-state index is 5.20. The zero-order valence-corrected chi connectivity index (χ0v) is 16.6. The molecule has 0 N–H and O–H groups in total. The number of fused-ring (bicyclic) bond motifs is 14. The van der Waals surface area contributed by atoms with E-state index in [4.69, 9.17) is 4.98 Å². The van der Waals surface area contributed by atoms with Gasteiger partial charge in [0.25, 0.3) is 0 Å². The number of benzene rings is 2. The Morgan fingerprint density at radius 1 is 0.710 bits per heavy atom. The molecule has 4 aromatic heterocycles. The number of hydrogen-bond acceptors (Lipinski definition) is 3. The summed E-state index contributed by atoms with van der Waals surface area (Å²) >= 11 is 0. The van der Waals surface area contributed by atoms with Crippen molar-refractivity contribution in [3.63, 3.8) is 0 Å². The average Bonchev–Trinajstić information content (AvgIpc) is 3.48. The highest BCUT2D eigenvalue weighted by atomic mass is 15.0. The van der Waals surface area contributed by atoms with Crippen LogP contribution in [0.5, 0.6) is 0 Å². The molecule has 0 saturated carbocycles. The van der Waals surface area contributed by atoms with Gasteiger partial charge in [0.15, 0.2) is 0 Å². The molecular formula is C27H16N4. The third-order valence-corrected chi connectivity index (χ3v) is 7.03. The van der Waals surface area contributed by atoms with Crippen LogP contribution in [0.1, 0.15) is 22.4 Å². The summed E-state index contributed by atoms with van der Waals surface area (Å²) in [7, 11) is 0. The third kappa shape index (κ3) is 1.84. The minimum atomic E-state index is 0.895. The summed E-state index contributed by atoms with van der Waals surface area (Å²) in [6, 6.07) is 17.6. The molecule has 2 aliphatic carbocycles. The summed E-state index contributed by atoms with van der Waals surface area (Å²) in [4.78, 5) is 14.0. The fraction of sp³-hybridized carbons (Fsp3) is 0.0741. The quantitative estimate of drug-likeness (QED) is 0.315. The second-order valence-electron chi connectivity index (χ2n) is 8.52. The third-order valence-electron chi connectivity index (χ3n) is 7.03. The van der Waals surface area contributed by atoms with Crippen LogP contribution in [-0.2, 0) is 12.8 Å². The van der Waals surface area contributed by atoms with Crippen LogP contribution in [0, 0.1) is 0 Å². The van der Waals surface area contributed by atoms with Crippen molar-refractivity contribution >= 4 is 27.3 Å². The van der Waals surface area contributed by atoms with Crippen molar-refractivity contribution < 1.29 is 0 Å². The first kappa shape index (κ1) is 15.7. The molecule has 0 spiro atoms. The molecule has 144 valence electrons. The van der Waals surface area contributed by atoms with Crippen molar-refractivity contribution in [2.45, 2.75) is 12.8 Å². The Morgan fingerprint density at radius 3 is 2.55 bits per heavy atom. The molecule has 0 fully saturated rings. The van der Waals surface area contributed by atoms with Gasteiger partial charge >= 0.3 is 0 Å². The van der Waals surface area contributed by atoms with Crippen molar-refractivity contribution in [3.05, 3.63) is 95.7 Å². The van der Waals surface area contributed by atoms with Gasteiger partial charge in [-0.15, -0.1) is 0 Å². The van der Waals surface area contributed by atoms with Crippen LogP contribution in [0.3, 0.4) is 0 Å². The fourth-order valence-electron chi connectivity index (χ4n) is 5.75. The highest BCUT2D eigenvalue weighted by Gasteiger charge is 2.32. The molecule has 2 aromatic carbocycles. The van der Waals surface area contributed by atoms with Crippen LogP contribution >= 0.6 is 0 Å². The average molecular weight is 396 g/mol. The van der Waals surface area contributed by atoms with E-state index in [2.05, 4.69) is 62.9 Å². The van der Waals surface area contributed by atoms with E-state index in [1.807, 2.05) is 24.8 Å². The van der Waals surface area contributed by atoms with E-state index in [1.54, 1.807) is 0 Å². The first-order valence-corrected chi connectivity index (χ1v) is 10.6. The second-order valence-corrected chi connectivity index (χ2v) is 8.52. The normalized spacial score (nSPS) is 13.5. The highest BCUT2D eigenvalue weighted by molar-refractivity contribution is 6.11. The largest absolute Gasteiger partial charge is 0.295 e. The first-order valence-electron chi connectivity index (χ1n) is 10.6. The Bertz CT molecular complexity index is 1740. The van der Waals surface area contributed by atoms with Gasteiger partial charge in [-0.3, -0.25) is 14.4 Å². The van der Waals surface area contributed by atoms with Crippen LogP contribution in [0.2, 0.25) is 0 Å². The van der Waals surface area contributed by atoms with E-state index < -0.39 is 0 Å². The van der Waals surface area contributed by atoms with Crippen LogP contribution < -0.4 is 0 Å². The monoisotopic (exact) mass is 396 g/mol. The molecule has 4 heterocycles. The van der Waals surface area contributed by atoms with E-state index in [0.29, 0.717) is 0 Å². The highest BCUT2D eigenvalue weighted by Crippen LogP contribution is 2.48. The molecule has 4 nitrogen and oxygen atoms in total. The van der Waals surface area contributed by atoms with Crippen molar-refractivity contribution in [1.82, 2.24) is 19.4 Å². The van der Waals surface area contributed by atoms with Crippen LogP contribution in [0.25, 0.3) is 49.7 Å². The molecule has 0 saturated heterocycles. The summed E-state index contributed by atoms with van der Waals surface area (Å²) in [5.41, 5.74) is 12.9. The van der Waals surface area contributed by atoms with Gasteiger partial charge < -0.3 is 0 Å². The Hall–Kier alpha value is -4.05. The minimum absolute atomic E-state index is 0.895. The Labute approximate surface area is 177 Å². The molecule has 0 atom stereocenters. The molecule has 31 heavy (non-hydrogen) atoms. The van der Waals surface area contributed by atoms with Crippen molar-refractivity contribution in [2.75, 3.05) is 0 Å². The number of nitrogens with zero attached hydrogens (tertiary/aromatic N) is 4. The minimum Gasteiger partial charge on any atom is -0.295 e. The molecule has 0 unspecified atom stereocenters. The van der Waals surface area contributed by atoms with Gasteiger partial charge in [-0.25, -0.2) is 4.98 Å². The lowest BCUT2D eigenvalue weighted by Gasteiger charge is -2.11. The van der Waals surface area contributed by atoms with E-state index in [9.17, 15) is 0 Å². The van der Waals surface area contributed by atoms with Gasteiger partial charge in [0.2, 0.25) is 0 Å². The lowest BCUT2D eigenvalue weighted by molar-refractivity contribution is 1.09. The van der Waals surface area contributed by atoms with Crippen LogP contribution in [0.15, 0.2) is 73.3 Å². The predicted octanol–water partition coefficient (Wildman–Crippen LogP) is 5.57. The van der Waals surface area contributed by atoms with Crippen LogP contribution in [-0.4, -0.2) is 19.4 Å². The molecule has 0 amide bonds. The lowest BCUT2D eigenvalue weighted by Crippen LogP contribution is -1.98. The van der Waals surface area contributed by atoms with E-state index >= 15 is 0 Å². The second kappa shape index (κ2) is 5.35. The molecule has 0 radical (unpaired) electrons. The summed E-state index contributed by atoms with van der Waals surface area (Å²) < 4.78 is 2.34. The Balaban J connectivity index is 1.50. The van der Waals surface area contributed by atoms with Gasteiger partial charge in [-0.2, -0.15) is 0 Å². The molecular weight excluding hydrogens is 380 g/mol. The first-order chi connectivity index (χ1) is 15.4. The maximum Gasteiger partial charge on any atom is 0.147 e. The molecule has 2 aliphatic rings. The lowest BCUT2D eigenvalue weighted by atomic mass is 9.96. The number of imidazole rings is 1. The van der Waals surface area contributed by atoms with E-state index in [0.717, 1.165) is 45.9 Å². The summed E-state index contributed by atoms with van der Waals surface area (Å²) in [5.74, 6) is 0. The number of pyridine rings is 3. The predicted molar refractivity (Wildman–Crippen MR) is 122 cm³/mol. The molecule has 0 aliphatic heterocycles. The van der Waals surface area contributed by atoms with Gasteiger partial charge in [-0.05, 0) is 51.8 Å². The summed E-state index contributed by atoms with van der Waals surface area (Å²) in [6.07, 6.45) is 9.52. The van der Waals surface area contributed by atoms with Crippen LogP contribution in [0.4, 0.5) is 0 Å². The van der Waals surface area contributed by atoms with Gasteiger partial charge in [-0.1, -0.05) is 36.4 Å². The zero-order chi connectivity index (χ0) is 20.1. The SMILES string of the molecule is c1ccc2c(c1)Cc1ccc3c(c1-2)Cc1c-3nc2c3cnccc3c3cnccc3n12. The van der Waals surface area contributed by atoms with Crippen molar-refractivity contribution in [1.29, 1.82) is 0 Å². The van der Waals surface area contributed by atoms with E-state index in [-0.39, 0.29) is 0 Å². The van der Waals surface area contributed by atoms with Crippen molar-refractivity contribution in [2.24, 2.45) is 0 Å². The topological polar surface area (TPSA) is 43.1 Å². The maximum atomic E-state index is 5.20. The summed E-state index contributed by atoms with van der Waals surface area (Å²) in [5, 5.41) is 3.36. The Kier molecular flexibility index (Phi) is 2.72. The number of rotatable bonds is 0. The number of hydrogen-bond donors (Lipinski definition) is 0. The molecule has 4 heteroatoms.